The van der Waals surface area contributed by atoms with E-state index in [0.717, 1.165) is 0 Å². The van der Waals surface area contributed by atoms with Crippen LogP contribution in [0.1, 0.15) is 39.4 Å². The Kier molecular flexibility index (Phi) is 7.63. The molecule has 124 valence electrons. The number of nitrogens with zero attached hydrogens (tertiary/aromatic N) is 1. The number of benzene rings is 1. The Morgan fingerprint density at radius 3 is 2.14 bits per heavy atom. The lowest BCUT2D eigenvalue weighted by Gasteiger charge is -2.29. The number of hydrogen-bond donors (Lipinski definition) is 0. The number of nitro benzene ring substituents is 1. The van der Waals surface area contributed by atoms with Gasteiger partial charge < -0.3 is 17.7 Å². The summed E-state index contributed by atoms with van der Waals surface area (Å²) in [6, 6.07) is 6.31. The fourth-order valence-corrected chi connectivity index (χ4v) is 4.02. The molecule has 1 rings (SSSR count). The molecule has 0 spiro atoms. The van der Waals surface area contributed by atoms with Gasteiger partial charge in [0.15, 0.2) is 0 Å². The molecule has 0 heterocycles. The molecular weight excluding hydrogens is 306 g/mol. The lowest BCUT2D eigenvalue weighted by molar-refractivity contribution is -0.385. The van der Waals surface area contributed by atoms with Crippen molar-refractivity contribution in [1.82, 2.24) is 0 Å². The number of nitro groups is 1. The molecule has 0 amide bonds. The van der Waals surface area contributed by atoms with Crippen LogP contribution in [0.4, 0.5) is 5.69 Å². The van der Waals surface area contributed by atoms with Gasteiger partial charge in [0.25, 0.3) is 5.69 Å². The van der Waals surface area contributed by atoms with Gasteiger partial charge in [-0.25, -0.2) is 0 Å². The minimum absolute atomic E-state index is 0.0180. The highest BCUT2D eigenvalue weighted by atomic mass is 28.4. The predicted octanol–water partition coefficient (Wildman–Crippen LogP) is 3.22. The largest absolute Gasteiger partial charge is 0.680 e. The standard InChI is InChI=1S/C14H23NO6Si/c1-5-18-22(19-6-2,20-7-3)21-12(4)13-9-8-10-14(11-13)15(16)17/h8-12H,5-7H2,1-4H3/t12-/m1/s1. The monoisotopic (exact) mass is 329 g/mol. The molecule has 1 aromatic carbocycles. The number of hydrogen-bond acceptors (Lipinski definition) is 6. The van der Waals surface area contributed by atoms with Crippen molar-refractivity contribution >= 4 is 14.7 Å². The molecule has 8 heteroatoms. The van der Waals surface area contributed by atoms with Crippen LogP contribution < -0.4 is 0 Å². The van der Waals surface area contributed by atoms with Crippen LogP contribution in [0.25, 0.3) is 0 Å². The molecule has 0 aromatic heterocycles. The van der Waals surface area contributed by atoms with Crippen LogP contribution >= 0.6 is 0 Å². The van der Waals surface area contributed by atoms with Gasteiger partial charge in [-0.05, 0) is 33.3 Å². The van der Waals surface area contributed by atoms with E-state index in [9.17, 15) is 10.1 Å². The second-order valence-electron chi connectivity index (χ2n) is 4.41. The molecule has 0 saturated carbocycles. The third-order valence-electron chi connectivity index (χ3n) is 2.83. The molecule has 0 aliphatic carbocycles. The van der Waals surface area contributed by atoms with Crippen molar-refractivity contribution in [2.24, 2.45) is 0 Å². The highest BCUT2D eigenvalue weighted by Gasteiger charge is 2.46. The average Bonchev–Trinajstić information content (AvgIpc) is 2.48. The van der Waals surface area contributed by atoms with Crippen LogP contribution in [-0.2, 0) is 17.7 Å². The Morgan fingerprint density at radius 1 is 1.14 bits per heavy atom. The summed E-state index contributed by atoms with van der Waals surface area (Å²) in [4.78, 5) is 10.4. The smallest absolute Gasteiger partial charge is 0.351 e. The Hall–Kier alpha value is -1.32. The van der Waals surface area contributed by atoms with Gasteiger partial charge in [-0.3, -0.25) is 10.1 Å². The van der Waals surface area contributed by atoms with E-state index in [4.69, 9.17) is 17.7 Å². The average molecular weight is 329 g/mol. The van der Waals surface area contributed by atoms with Gasteiger partial charge in [-0.2, -0.15) is 0 Å². The first-order valence-electron chi connectivity index (χ1n) is 7.32. The molecule has 0 radical (unpaired) electrons. The van der Waals surface area contributed by atoms with Crippen molar-refractivity contribution < 1.29 is 22.6 Å². The van der Waals surface area contributed by atoms with E-state index >= 15 is 0 Å². The normalized spacial score (nSPS) is 13.1. The van der Waals surface area contributed by atoms with E-state index in [-0.39, 0.29) is 5.69 Å². The van der Waals surface area contributed by atoms with Gasteiger partial charge in [-0.15, -0.1) is 0 Å². The molecule has 1 aromatic rings. The fraction of sp³-hybridized carbons (Fsp3) is 0.571. The second-order valence-corrected chi connectivity index (χ2v) is 6.51. The molecule has 0 aliphatic rings. The summed E-state index contributed by atoms with van der Waals surface area (Å²) in [5.74, 6) is 0. The van der Waals surface area contributed by atoms with Crippen LogP contribution in [0.2, 0.25) is 0 Å². The summed E-state index contributed by atoms with van der Waals surface area (Å²) in [6.07, 6.45) is -0.448. The lowest BCUT2D eigenvalue weighted by atomic mass is 10.1. The Balaban J connectivity index is 2.96. The van der Waals surface area contributed by atoms with Gasteiger partial charge in [-0.1, -0.05) is 12.1 Å². The molecule has 7 nitrogen and oxygen atoms in total. The predicted molar refractivity (Wildman–Crippen MR) is 83.2 cm³/mol. The zero-order valence-corrected chi connectivity index (χ0v) is 14.4. The van der Waals surface area contributed by atoms with Gasteiger partial charge in [0.1, 0.15) is 0 Å². The van der Waals surface area contributed by atoms with E-state index in [1.165, 1.54) is 12.1 Å². The Morgan fingerprint density at radius 2 is 1.68 bits per heavy atom. The van der Waals surface area contributed by atoms with Crippen molar-refractivity contribution in [3.8, 4) is 0 Å². The van der Waals surface area contributed by atoms with Crippen molar-refractivity contribution in [2.45, 2.75) is 33.8 Å². The topological polar surface area (TPSA) is 80.1 Å². The van der Waals surface area contributed by atoms with Gasteiger partial charge in [0, 0.05) is 32.0 Å². The quantitative estimate of drug-likeness (QED) is 0.372. The van der Waals surface area contributed by atoms with E-state index < -0.39 is 20.1 Å². The van der Waals surface area contributed by atoms with E-state index in [1.807, 2.05) is 20.8 Å². The molecule has 0 unspecified atom stereocenters. The van der Waals surface area contributed by atoms with Crippen molar-refractivity contribution in [2.75, 3.05) is 19.8 Å². The summed E-state index contributed by atoms with van der Waals surface area (Å²) in [5, 5.41) is 10.9. The second kappa shape index (κ2) is 8.96. The molecule has 0 aliphatic heterocycles. The summed E-state index contributed by atoms with van der Waals surface area (Å²) in [5.41, 5.74) is 0.689. The maximum absolute atomic E-state index is 10.9. The van der Waals surface area contributed by atoms with E-state index in [2.05, 4.69) is 0 Å². The molecule has 1 atom stereocenters. The van der Waals surface area contributed by atoms with Crippen LogP contribution in [0, 0.1) is 10.1 Å². The third kappa shape index (κ3) is 5.15. The van der Waals surface area contributed by atoms with Crippen LogP contribution in [0.15, 0.2) is 24.3 Å². The number of non-ortho nitro benzene ring substituents is 1. The van der Waals surface area contributed by atoms with Gasteiger partial charge in [0.2, 0.25) is 0 Å². The highest BCUT2D eigenvalue weighted by molar-refractivity contribution is 6.53. The lowest BCUT2D eigenvalue weighted by Crippen LogP contribution is -2.49. The minimum Gasteiger partial charge on any atom is -0.351 e. The first-order valence-corrected chi connectivity index (χ1v) is 8.95. The van der Waals surface area contributed by atoms with Crippen molar-refractivity contribution in [1.29, 1.82) is 0 Å². The molecule has 0 saturated heterocycles. The fourth-order valence-electron chi connectivity index (χ4n) is 1.93. The molecule has 22 heavy (non-hydrogen) atoms. The van der Waals surface area contributed by atoms with Crippen LogP contribution in [0.5, 0.6) is 0 Å². The summed E-state index contributed by atoms with van der Waals surface area (Å²) >= 11 is 0. The summed E-state index contributed by atoms with van der Waals surface area (Å²) in [7, 11) is -3.26. The molecule has 0 bridgehead atoms. The maximum Gasteiger partial charge on any atom is 0.680 e. The van der Waals surface area contributed by atoms with Crippen LogP contribution in [-0.4, -0.2) is 33.8 Å². The minimum atomic E-state index is -3.26. The first-order chi connectivity index (χ1) is 10.5. The maximum atomic E-state index is 10.9. The summed E-state index contributed by atoms with van der Waals surface area (Å²) in [6.45, 7) is 8.48. The molecular formula is C14H23NO6Si. The van der Waals surface area contributed by atoms with Crippen molar-refractivity contribution in [3.05, 3.63) is 39.9 Å². The number of rotatable bonds is 10. The first kappa shape index (κ1) is 18.7. The summed E-state index contributed by atoms with van der Waals surface area (Å²) < 4.78 is 22.8. The zero-order valence-electron chi connectivity index (χ0n) is 13.4. The van der Waals surface area contributed by atoms with Gasteiger partial charge >= 0.3 is 9.05 Å². The van der Waals surface area contributed by atoms with Gasteiger partial charge in [0.05, 0.1) is 11.0 Å². The molecule has 0 N–H and O–H groups in total. The zero-order chi connectivity index (χ0) is 16.6. The highest BCUT2D eigenvalue weighted by Crippen LogP contribution is 2.26. The van der Waals surface area contributed by atoms with E-state index in [1.54, 1.807) is 19.1 Å². The third-order valence-corrected chi connectivity index (χ3v) is 5.40. The Bertz CT molecular complexity index is 467. The van der Waals surface area contributed by atoms with E-state index in [0.29, 0.717) is 25.4 Å². The SMILES string of the molecule is CCO[Si](OCC)(OCC)O[C@H](C)c1cccc([N+](=O)[O-])c1. The van der Waals surface area contributed by atoms with Crippen molar-refractivity contribution in [3.63, 3.8) is 0 Å². The Labute approximate surface area is 131 Å². The van der Waals surface area contributed by atoms with Crippen LogP contribution in [0.3, 0.4) is 0 Å². The molecule has 0 fully saturated rings.